The second-order valence-corrected chi connectivity index (χ2v) is 9.25. The van der Waals surface area contributed by atoms with Crippen LogP contribution in [0.5, 0.6) is 0 Å². The summed E-state index contributed by atoms with van der Waals surface area (Å²) in [5, 5.41) is 6.11. The monoisotopic (exact) mass is 437 g/mol. The zero-order valence-electron chi connectivity index (χ0n) is 17.9. The molecule has 1 saturated heterocycles. The van der Waals surface area contributed by atoms with E-state index in [1.807, 2.05) is 23.1 Å². The highest BCUT2D eigenvalue weighted by Crippen LogP contribution is 2.39. The Labute approximate surface area is 186 Å². The van der Waals surface area contributed by atoms with E-state index < -0.39 is 5.41 Å². The molecule has 0 aliphatic carbocycles. The minimum Gasteiger partial charge on any atom is -0.348 e. The smallest absolute Gasteiger partial charge is 0.244 e. The van der Waals surface area contributed by atoms with Gasteiger partial charge in [0.05, 0.1) is 5.41 Å². The van der Waals surface area contributed by atoms with Gasteiger partial charge in [0.2, 0.25) is 11.8 Å². The van der Waals surface area contributed by atoms with Crippen molar-refractivity contribution < 1.29 is 9.59 Å². The first-order valence-electron chi connectivity index (χ1n) is 10.4. The molecule has 4 rings (SSSR count). The molecule has 1 atom stereocenters. The van der Waals surface area contributed by atoms with Crippen LogP contribution in [-0.2, 0) is 22.6 Å². The maximum Gasteiger partial charge on any atom is 0.244 e. The van der Waals surface area contributed by atoms with Crippen LogP contribution in [0.15, 0.2) is 54.4 Å². The third-order valence-corrected chi connectivity index (χ3v) is 6.79. The summed E-state index contributed by atoms with van der Waals surface area (Å²) in [6.45, 7) is 1.21. The summed E-state index contributed by atoms with van der Waals surface area (Å²) in [7, 11) is 3.59. The molecule has 1 fully saturated rings. The number of benzene rings is 1. The van der Waals surface area contributed by atoms with Gasteiger partial charge in [-0.3, -0.25) is 9.59 Å². The van der Waals surface area contributed by atoms with Gasteiger partial charge in [-0.15, -0.1) is 11.3 Å². The van der Waals surface area contributed by atoms with E-state index in [1.165, 1.54) is 22.2 Å². The standard InChI is InChI=1S/C23H27N5O2S/c1-26(2)22(30)23(13-18-7-3-4-8-19(18)20-9-5-12-31-20)10-6-11-27(15-23)21(29)14-28-17-24-16-25-28/h3-5,7-9,12,16-17H,6,10-11,13-15H2,1-2H3/t23-/m0/s1. The summed E-state index contributed by atoms with van der Waals surface area (Å²) in [4.78, 5) is 35.0. The molecule has 3 heterocycles. The second-order valence-electron chi connectivity index (χ2n) is 8.30. The van der Waals surface area contributed by atoms with Gasteiger partial charge in [0, 0.05) is 32.1 Å². The third-order valence-electron chi connectivity index (χ3n) is 5.89. The van der Waals surface area contributed by atoms with Crippen molar-refractivity contribution in [3.63, 3.8) is 0 Å². The fraction of sp³-hybridized carbons (Fsp3) is 0.391. The number of piperidine rings is 1. The highest BCUT2D eigenvalue weighted by Gasteiger charge is 2.44. The Morgan fingerprint density at radius 2 is 2.03 bits per heavy atom. The number of likely N-dealkylation sites (tertiary alicyclic amines) is 1. The Morgan fingerprint density at radius 1 is 1.19 bits per heavy atom. The summed E-state index contributed by atoms with van der Waals surface area (Å²) in [6, 6.07) is 12.4. The van der Waals surface area contributed by atoms with Crippen LogP contribution in [0.1, 0.15) is 18.4 Å². The van der Waals surface area contributed by atoms with E-state index in [0.29, 0.717) is 19.5 Å². The summed E-state index contributed by atoms with van der Waals surface area (Å²) in [5.41, 5.74) is 1.66. The van der Waals surface area contributed by atoms with E-state index in [1.54, 1.807) is 30.3 Å². The molecular formula is C23H27N5O2S. The average molecular weight is 438 g/mol. The van der Waals surface area contributed by atoms with E-state index in [4.69, 9.17) is 0 Å². The van der Waals surface area contributed by atoms with Crippen LogP contribution in [0.4, 0.5) is 0 Å². The van der Waals surface area contributed by atoms with Gasteiger partial charge in [0.1, 0.15) is 19.2 Å². The summed E-state index contributed by atoms with van der Waals surface area (Å²) in [6.07, 6.45) is 5.12. The topological polar surface area (TPSA) is 71.3 Å². The van der Waals surface area contributed by atoms with E-state index in [9.17, 15) is 9.59 Å². The lowest BCUT2D eigenvalue weighted by molar-refractivity contribution is -0.147. The summed E-state index contributed by atoms with van der Waals surface area (Å²) < 4.78 is 1.53. The molecule has 1 aliphatic heterocycles. The van der Waals surface area contributed by atoms with Gasteiger partial charge in [-0.2, -0.15) is 5.10 Å². The van der Waals surface area contributed by atoms with E-state index >= 15 is 0 Å². The molecule has 8 heteroatoms. The molecule has 0 spiro atoms. The number of carbonyl (C=O) groups excluding carboxylic acids is 2. The molecular weight excluding hydrogens is 410 g/mol. The molecule has 0 saturated carbocycles. The van der Waals surface area contributed by atoms with Crippen LogP contribution < -0.4 is 0 Å². The van der Waals surface area contributed by atoms with Crippen LogP contribution in [-0.4, -0.2) is 63.6 Å². The van der Waals surface area contributed by atoms with Crippen molar-refractivity contribution >= 4 is 23.2 Å². The normalized spacial score (nSPS) is 18.7. The molecule has 2 amide bonds. The Balaban J connectivity index is 1.64. The summed E-state index contributed by atoms with van der Waals surface area (Å²) in [5.74, 6) is 0.0411. The second kappa shape index (κ2) is 9.01. The zero-order chi connectivity index (χ0) is 21.8. The van der Waals surface area contributed by atoms with E-state index in [2.05, 4.69) is 33.7 Å². The zero-order valence-corrected chi connectivity index (χ0v) is 18.7. The fourth-order valence-corrected chi connectivity index (χ4v) is 5.26. The summed E-state index contributed by atoms with van der Waals surface area (Å²) >= 11 is 1.70. The molecule has 2 aromatic heterocycles. The Kier molecular flexibility index (Phi) is 6.18. The SMILES string of the molecule is CN(C)C(=O)[C@]1(Cc2ccccc2-c2cccs2)CCCN(C(=O)Cn2cncn2)C1. The molecule has 3 aromatic rings. The van der Waals surface area contributed by atoms with Crippen molar-refractivity contribution in [3.05, 3.63) is 60.0 Å². The Hall–Kier alpha value is -3.00. The molecule has 1 aromatic carbocycles. The van der Waals surface area contributed by atoms with Gasteiger partial charge in [0.25, 0.3) is 0 Å². The van der Waals surface area contributed by atoms with Crippen molar-refractivity contribution in [2.75, 3.05) is 27.2 Å². The Bertz CT molecular complexity index is 1030. The van der Waals surface area contributed by atoms with Gasteiger partial charge < -0.3 is 9.80 Å². The number of aromatic nitrogens is 3. The first kappa shape index (κ1) is 21.2. The third kappa shape index (κ3) is 4.54. The van der Waals surface area contributed by atoms with Gasteiger partial charge in [-0.25, -0.2) is 9.67 Å². The quantitative estimate of drug-likeness (QED) is 0.594. The number of hydrogen-bond donors (Lipinski definition) is 0. The molecule has 162 valence electrons. The van der Waals surface area contributed by atoms with E-state index in [-0.39, 0.29) is 18.4 Å². The molecule has 0 unspecified atom stereocenters. The minimum absolute atomic E-state index is 0.0346. The van der Waals surface area contributed by atoms with Gasteiger partial charge >= 0.3 is 0 Å². The molecule has 31 heavy (non-hydrogen) atoms. The lowest BCUT2D eigenvalue weighted by Crippen LogP contribution is -2.54. The van der Waals surface area contributed by atoms with Crippen molar-refractivity contribution in [3.8, 4) is 10.4 Å². The van der Waals surface area contributed by atoms with Crippen molar-refractivity contribution in [2.24, 2.45) is 5.41 Å². The first-order valence-corrected chi connectivity index (χ1v) is 11.3. The number of rotatable bonds is 6. The molecule has 7 nitrogen and oxygen atoms in total. The number of amides is 2. The van der Waals surface area contributed by atoms with Gasteiger partial charge in [0.15, 0.2) is 0 Å². The molecule has 0 bridgehead atoms. The predicted molar refractivity (Wildman–Crippen MR) is 120 cm³/mol. The van der Waals surface area contributed by atoms with Crippen LogP contribution in [0, 0.1) is 5.41 Å². The largest absolute Gasteiger partial charge is 0.348 e. The van der Waals surface area contributed by atoms with Gasteiger partial charge in [-0.05, 0) is 41.8 Å². The average Bonchev–Trinajstić information content (AvgIpc) is 3.48. The lowest BCUT2D eigenvalue weighted by atomic mass is 9.73. The fourth-order valence-electron chi connectivity index (χ4n) is 4.48. The first-order chi connectivity index (χ1) is 15.0. The lowest BCUT2D eigenvalue weighted by Gasteiger charge is -2.43. The van der Waals surface area contributed by atoms with Crippen LogP contribution >= 0.6 is 11.3 Å². The van der Waals surface area contributed by atoms with Gasteiger partial charge in [-0.1, -0.05) is 30.3 Å². The molecule has 1 aliphatic rings. The maximum atomic E-state index is 13.5. The highest BCUT2D eigenvalue weighted by atomic mass is 32.1. The highest BCUT2D eigenvalue weighted by molar-refractivity contribution is 7.13. The molecule has 0 N–H and O–H groups in total. The van der Waals surface area contributed by atoms with Crippen LogP contribution in [0.25, 0.3) is 10.4 Å². The number of nitrogens with zero attached hydrogens (tertiary/aromatic N) is 5. The maximum absolute atomic E-state index is 13.5. The number of thiophene rings is 1. The van der Waals surface area contributed by atoms with Crippen LogP contribution in [0.2, 0.25) is 0 Å². The number of carbonyl (C=O) groups is 2. The Morgan fingerprint density at radius 3 is 2.74 bits per heavy atom. The number of hydrogen-bond acceptors (Lipinski definition) is 5. The predicted octanol–water partition coefficient (Wildman–Crippen LogP) is 2.95. The van der Waals surface area contributed by atoms with Crippen molar-refractivity contribution in [1.29, 1.82) is 0 Å². The van der Waals surface area contributed by atoms with Crippen LogP contribution in [0.3, 0.4) is 0 Å². The van der Waals surface area contributed by atoms with E-state index in [0.717, 1.165) is 24.0 Å². The van der Waals surface area contributed by atoms with Crippen molar-refractivity contribution in [2.45, 2.75) is 25.8 Å². The molecule has 0 radical (unpaired) electrons. The van der Waals surface area contributed by atoms with Crippen molar-refractivity contribution in [1.82, 2.24) is 24.6 Å². The minimum atomic E-state index is -0.646.